The molecule has 1 unspecified atom stereocenters. The topological polar surface area (TPSA) is 67.3 Å². The van der Waals surface area contributed by atoms with E-state index in [0.29, 0.717) is 11.7 Å². The molecule has 2 aromatic rings. The molecule has 0 saturated carbocycles. The summed E-state index contributed by atoms with van der Waals surface area (Å²) in [6.45, 7) is 1.86. The SMILES string of the molecule is COc1cc(NC(C)(CO)c2ccccc2)ncn1. The largest absolute Gasteiger partial charge is 0.481 e. The fraction of sp³-hybridized carbons (Fsp3) is 0.286. The van der Waals surface area contributed by atoms with Crippen molar-refractivity contribution in [3.05, 3.63) is 48.3 Å². The van der Waals surface area contributed by atoms with Crippen LogP contribution in [0.5, 0.6) is 5.88 Å². The van der Waals surface area contributed by atoms with Crippen LogP contribution in [0.2, 0.25) is 0 Å². The Labute approximate surface area is 112 Å². The highest BCUT2D eigenvalue weighted by molar-refractivity contribution is 5.43. The lowest BCUT2D eigenvalue weighted by atomic mass is 9.93. The summed E-state index contributed by atoms with van der Waals surface area (Å²) in [5, 5.41) is 12.9. The summed E-state index contributed by atoms with van der Waals surface area (Å²) in [6.07, 6.45) is 1.42. The number of hydrogen-bond donors (Lipinski definition) is 2. The molecule has 0 fully saturated rings. The summed E-state index contributed by atoms with van der Waals surface area (Å²) >= 11 is 0. The monoisotopic (exact) mass is 259 g/mol. The van der Waals surface area contributed by atoms with Crippen molar-refractivity contribution in [2.24, 2.45) is 0 Å². The van der Waals surface area contributed by atoms with Crippen molar-refractivity contribution in [1.82, 2.24) is 9.97 Å². The van der Waals surface area contributed by atoms with Crippen LogP contribution in [0.1, 0.15) is 12.5 Å². The Balaban J connectivity index is 2.27. The number of aromatic nitrogens is 2. The smallest absolute Gasteiger partial charge is 0.218 e. The third-order valence-corrected chi connectivity index (χ3v) is 2.98. The van der Waals surface area contributed by atoms with Gasteiger partial charge in [-0.05, 0) is 12.5 Å². The summed E-state index contributed by atoms with van der Waals surface area (Å²) < 4.78 is 5.06. The second-order valence-corrected chi connectivity index (χ2v) is 4.43. The van der Waals surface area contributed by atoms with Gasteiger partial charge in [-0.2, -0.15) is 0 Å². The van der Waals surface area contributed by atoms with E-state index < -0.39 is 5.54 Å². The number of anilines is 1. The van der Waals surface area contributed by atoms with E-state index in [1.54, 1.807) is 13.2 Å². The quantitative estimate of drug-likeness (QED) is 0.857. The van der Waals surface area contributed by atoms with Gasteiger partial charge in [0.25, 0.3) is 0 Å². The van der Waals surface area contributed by atoms with Crippen LogP contribution in [0.15, 0.2) is 42.7 Å². The Kier molecular flexibility index (Phi) is 3.97. The van der Waals surface area contributed by atoms with Gasteiger partial charge in [0.15, 0.2) is 0 Å². The van der Waals surface area contributed by atoms with Crippen LogP contribution in [-0.2, 0) is 5.54 Å². The Morgan fingerprint density at radius 2 is 2.00 bits per heavy atom. The Bertz CT molecular complexity index is 533. The number of methoxy groups -OCH3 is 1. The lowest BCUT2D eigenvalue weighted by Crippen LogP contribution is -2.36. The molecular weight excluding hydrogens is 242 g/mol. The van der Waals surface area contributed by atoms with Gasteiger partial charge in [-0.15, -0.1) is 0 Å². The van der Waals surface area contributed by atoms with Crippen LogP contribution in [0.25, 0.3) is 0 Å². The molecule has 1 heterocycles. The molecule has 0 aliphatic carbocycles. The average molecular weight is 259 g/mol. The molecule has 0 aliphatic heterocycles. The van der Waals surface area contributed by atoms with Crippen LogP contribution < -0.4 is 10.1 Å². The molecular formula is C14H17N3O2. The van der Waals surface area contributed by atoms with Gasteiger partial charge in [-0.1, -0.05) is 30.3 Å². The fourth-order valence-corrected chi connectivity index (χ4v) is 1.81. The van der Waals surface area contributed by atoms with Gasteiger partial charge < -0.3 is 15.2 Å². The average Bonchev–Trinajstić information content (AvgIpc) is 2.48. The molecule has 5 nitrogen and oxygen atoms in total. The van der Waals surface area contributed by atoms with Crippen molar-refractivity contribution in [2.75, 3.05) is 19.0 Å². The molecule has 1 aromatic heterocycles. The first-order valence-corrected chi connectivity index (χ1v) is 5.98. The van der Waals surface area contributed by atoms with Crippen molar-refractivity contribution >= 4 is 5.82 Å². The second kappa shape index (κ2) is 5.67. The Hall–Kier alpha value is -2.14. The minimum absolute atomic E-state index is 0.0523. The lowest BCUT2D eigenvalue weighted by molar-refractivity contribution is 0.223. The van der Waals surface area contributed by atoms with Gasteiger partial charge in [-0.25, -0.2) is 9.97 Å². The fourth-order valence-electron chi connectivity index (χ4n) is 1.81. The van der Waals surface area contributed by atoms with E-state index >= 15 is 0 Å². The first-order chi connectivity index (χ1) is 9.18. The summed E-state index contributed by atoms with van der Waals surface area (Å²) in [4.78, 5) is 8.08. The van der Waals surface area contributed by atoms with Crippen LogP contribution >= 0.6 is 0 Å². The molecule has 1 aromatic carbocycles. The molecule has 2 rings (SSSR count). The van der Waals surface area contributed by atoms with Crippen molar-refractivity contribution < 1.29 is 9.84 Å². The first kappa shape index (κ1) is 13.3. The summed E-state index contributed by atoms with van der Waals surface area (Å²) in [5.41, 5.74) is 0.371. The maximum atomic E-state index is 9.69. The number of aliphatic hydroxyl groups is 1. The molecule has 0 radical (unpaired) electrons. The number of benzene rings is 1. The van der Waals surface area contributed by atoms with E-state index in [1.165, 1.54) is 6.33 Å². The second-order valence-electron chi connectivity index (χ2n) is 4.43. The van der Waals surface area contributed by atoms with Crippen molar-refractivity contribution in [1.29, 1.82) is 0 Å². The maximum Gasteiger partial charge on any atom is 0.218 e. The zero-order valence-corrected chi connectivity index (χ0v) is 11.0. The van der Waals surface area contributed by atoms with E-state index in [1.807, 2.05) is 37.3 Å². The van der Waals surface area contributed by atoms with Crippen LogP contribution in [-0.4, -0.2) is 28.8 Å². The lowest BCUT2D eigenvalue weighted by Gasteiger charge is -2.29. The highest BCUT2D eigenvalue weighted by Gasteiger charge is 2.25. The molecule has 100 valence electrons. The molecule has 1 atom stereocenters. The maximum absolute atomic E-state index is 9.69. The van der Waals surface area contributed by atoms with Gasteiger partial charge in [0.1, 0.15) is 12.1 Å². The highest BCUT2D eigenvalue weighted by atomic mass is 16.5. The summed E-state index contributed by atoms with van der Waals surface area (Å²) in [5.74, 6) is 1.08. The van der Waals surface area contributed by atoms with E-state index in [-0.39, 0.29) is 6.61 Å². The first-order valence-electron chi connectivity index (χ1n) is 5.98. The molecule has 0 amide bonds. The highest BCUT2D eigenvalue weighted by Crippen LogP contribution is 2.25. The predicted octanol–water partition coefficient (Wildman–Crippen LogP) is 1.80. The zero-order valence-electron chi connectivity index (χ0n) is 11.0. The minimum atomic E-state index is -0.610. The molecule has 0 bridgehead atoms. The number of nitrogens with one attached hydrogen (secondary N) is 1. The third kappa shape index (κ3) is 3.00. The number of ether oxygens (including phenoxy) is 1. The Morgan fingerprint density at radius 3 is 2.63 bits per heavy atom. The normalized spacial score (nSPS) is 13.6. The minimum Gasteiger partial charge on any atom is -0.481 e. The predicted molar refractivity (Wildman–Crippen MR) is 73.1 cm³/mol. The van der Waals surface area contributed by atoms with E-state index in [2.05, 4.69) is 15.3 Å². The number of aliphatic hydroxyl groups excluding tert-OH is 1. The summed E-state index contributed by atoms with van der Waals surface area (Å²) in [7, 11) is 1.55. The molecule has 19 heavy (non-hydrogen) atoms. The number of hydrogen-bond acceptors (Lipinski definition) is 5. The van der Waals surface area contributed by atoms with Gasteiger partial charge in [0.2, 0.25) is 5.88 Å². The molecule has 0 saturated heterocycles. The Morgan fingerprint density at radius 1 is 1.26 bits per heavy atom. The van der Waals surface area contributed by atoms with Crippen molar-refractivity contribution in [2.45, 2.75) is 12.5 Å². The molecule has 2 N–H and O–H groups in total. The molecule has 0 spiro atoms. The van der Waals surface area contributed by atoms with Crippen molar-refractivity contribution in [3.8, 4) is 5.88 Å². The number of rotatable bonds is 5. The van der Waals surface area contributed by atoms with Gasteiger partial charge in [0.05, 0.1) is 19.3 Å². The van der Waals surface area contributed by atoms with Gasteiger partial charge >= 0.3 is 0 Å². The molecule has 0 aliphatic rings. The number of nitrogens with zero attached hydrogens (tertiary/aromatic N) is 2. The standard InChI is InChI=1S/C14H17N3O2/c1-14(9-18,11-6-4-3-5-7-11)17-12-8-13(19-2)16-10-15-12/h3-8,10,18H,9H2,1-2H3,(H,15,16,17). The zero-order chi connectivity index (χ0) is 13.7. The van der Waals surface area contributed by atoms with Crippen molar-refractivity contribution in [3.63, 3.8) is 0 Å². The third-order valence-electron chi connectivity index (χ3n) is 2.98. The van der Waals surface area contributed by atoms with Crippen LogP contribution in [0.4, 0.5) is 5.82 Å². The van der Waals surface area contributed by atoms with Crippen LogP contribution in [0.3, 0.4) is 0 Å². The molecule has 5 heteroatoms. The van der Waals surface area contributed by atoms with E-state index in [0.717, 1.165) is 5.56 Å². The van der Waals surface area contributed by atoms with Gasteiger partial charge in [-0.3, -0.25) is 0 Å². The van der Waals surface area contributed by atoms with E-state index in [9.17, 15) is 5.11 Å². The van der Waals surface area contributed by atoms with Gasteiger partial charge in [0, 0.05) is 6.07 Å². The van der Waals surface area contributed by atoms with Crippen LogP contribution in [0, 0.1) is 0 Å². The van der Waals surface area contributed by atoms with E-state index in [4.69, 9.17) is 4.74 Å². The summed E-state index contributed by atoms with van der Waals surface area (Å²) in [6, 6.07) is 11.4.